The average Bonchev–Trinajstić information content (AvgIpc) is 3.41. The van der Waals surface area contributed by atoms with Gasteiger partial charge in [-0.25, -0.2) is 0 Å². The fourth-order valence-electron chi connectivity index (χ4n) is 3.94. The molecule has 8 heteroatoms. The number of carbonyl (C=O) groups excluding carboxylic acids is 2. The first-order valence-corrected chi connectivity index (χ1v) is 10.9. The molecule has 2 aromatic carbocycles. The second kappa shape index (κ2) is 9.38. The first kappa shape index (κ1) is 21.8. The van der Waals surface area contributed by atoms with Gasteiger partial charge in [0.2, 0.25) is 18.6 Å². The summed E-state index contributed by atoms with van der Waals surface area (Å²) in [6.45, 7) is 7.30. The lowest BCUT2D eigenvalue weighted by molar-refractivity contribution is -0.126. The van der Waals surface area contributed by atoms with E-state index >= 15 is 0 Å². The topological polar surface area (TPSA) is 86.3 Å². The fraction of sp³-hybridized carbons (Fsp3) is 0.417. The fourth-order valence-corrected chi connectivity index (χ4v) is 3.94. The summed E-state index contributed by atoms with van der Waals surface area (Å²) in [7, 11) is 0. The molecule has 0 saturated carbocycles. The van der Waals surface area contributed by atoms with Crippen molar-refractivity contribution in [3.05, 3.63) is 42.0 Å². The van der Waals surface area contributed by atoms with E-state index in [0.717, 1.165) is 5.56 Å². The Morgan fingerprint density at radius 3 is 2.62 bits per heavy atom. The molecule has 2 amide bonds. The van der Waals surface area contributed by atoms with Crippen LogP contribution in [0.5, 0.6) is 23.0 Å². The van der Waals surface area contributed by atoms with Crippen LogP contribution in [0.2, 0.25) is 0 Å². The lowest BCUT2D eigenvalue weighted by Gasteiger charge is -2.20. The van der Waals surface area contributed by atoms with E-state index in [1.165, 1.54) is 0 Å². The minimum Gasteiger partial charge on any atom is -0.490 e. The highest BCUT2D eigenvalue weighted by molar-refractivity contribution is 6.00. The number of hydrogen-bond donors (Lipinski definition) is 1. The van der Waals surface area contributed by atoms with Gasteiger partial charge in [0.1, 0.15) is 0 Å². The molecule has 0 spiro atoms. The maximum Gasteiger partial charge on any atom is 0.231 e. The molecule has 170 valence electrons. The van der Waals surface area contributed by atoms with Gasteiger partial charge in [0, 0.05) is 24.7 Å². The Bertz CT molecular complexity index is 1010. The van der Waals surface area contributed by atoms with E-state index in [4.69, 9.17) is 18.9 Å². The van der Waals surface area contributed by atoms with Crippen LogP contribution in [-0.4, -0.2) is 38.4 Å². The highest BCUT2D eigenvalue weighted by Crippen LogP contribution is 2.37. The largest absolute Gasteiger partial charge is 0.490 e. The Balaban J connectivity index is 1.41. The smallest absolute Gasteiger partial charge is 0.231 e. The zero-order chi connectivity index (χ0) is 22.7. The predicted molar refractivity (Wildman–Crippen MR) is 118 cm³/mol. The molecule has 4 rings (SSSR count). The molecule has 32 heavy (non-hydrogen) atoms. The van der Waals surface area contributed by atoms with Crippen LogP contribution in [0.1, 0.15) is 38.8 Å². The number of ether oxygens (including phenoxy) is 4. The highest BCUT2D eigenvalue weighted by Gasteiger charge is 2.36. The van der Waals surface area contributed by atoms with Gasteiger partial charge in [0.15, 0.2) is 23.0 Å². The minimum atomic E-state index is -0.426. The zero-order valence-corrected chi connectivity index (χ0v) is 18.6. The molecule has 8 nitrogen and oxygen atoms in total. The maximum atomic E-state index is 12.9. The van der Waals surface area contributed by atoms with Crippen LogP contribution in [0.25, 0.3) is 0 Å². The van der Waals surface area contributed by atoms with Crippen molar-refractivity contribution in [2.45, 2.75) is 33.2 Å². The summed E-state index contributed by atoms with van der Waals surface area (Å²) in [5.41, 5.74) is 1.61. The normalized spacial score (nSPS) is 17.9. The lowest BCUT2D eigenvalue weighted by Crippen LogP contribution is -2.34. The standard InChI is InChI=1S/C24H28N2O6/c1-4-29-19-8-6-16(10-21(19)30-5-2)15(3)25-24(28)17-11-23(27)26(13-17)18-7-9-20-22(12-18)32-14-31-20/h6-10,12,15,17H,4-5,11,13-14H2,1-3H3,(H,25,28). The van der Waals surface area contributed by atoms with Crippen molar-refractivity contribution in [1.29, 1.82) is 0 Å². The summed E-state index contributed by atoms with van der Waals surface area (Å²) in [6.07, 6.45) is 0.167. The van der Waals surface area contributed by atoms with Crippen molar-refractivity contribution < 1.29 is 28.5 Å². The number of carbonyl (C=O) groups is 2. The SMILES string of the molecule is CCOc1ccc(C(C)NC(=O)C2CC(=O)N(c3ccc4c(c3)OCO4)C2)cc1OCC. The average molecular weight is 440 g/mol. The molecule has 1 N–H and O–H groups in total. The monoisotopic (exact) mass is 440 g/mol. The molecular weight excluding hydrogens is 412 g/mol. The van der Waals surface area contributed by atoms with Crippen LogP contribution >= 0.6 is 0 Å². The number of rotatable bonds is 8. The van der Waals surface area contributed by atoms with Crippen LogP contribution in [0.15, 0.2) is 36.4 Å². The number of anilines is 1. The second-order valence-corrected chi connectivity index (χ2v) is 7.75. The molecule has 2 aliphatic rings. The van der Waals surface area contributed by atoms with Crippen LogP contribution in [0.3, 0.4) is 0 Å². The van der Waals surface area contributed by atoms with E-state index in [0.29, 0.717) is 48.4 Å². The van der Waals surface area contributed by atoms with Gasteiger partial charge in [-0.1, -0.05) is 6.07 Å². The number of nitrogens with zero attached hydrogens (tertiary/aromatic N) is 1. The zero-order valence-electron chi connectivity index (χ0n) is 18.6. The van der Waals surface area contributed by atoms with E-state index in [1.54, 1.807) is 17.0 Å². The van der Waals surface area contributed by atoms with Gasteiger partial charge >= 0.3 is 0 Å². The van der Waals surface area contributed by atoms with Crippen LogP contribution in [0.4, 0.5) is 5.69 Å². The van der Waals surface area contributed by atoms with Gasteiger partial charge in [0.25, 0.3) is 0 Å². The lowest BCUT2D eigenvalue weighted by atomic mass is 10.0. The Hall–Kier alpha value is -3.42. The third kappa shape index (κ3) is 4.44. The van der Waals surface area contributed by atoms with E-state index in [9.17, 15) is 9.59 Å². The highest BCUT2D eigenvalue weighted by atomic mass is 16.7. The number of benzene rings is 2. The summed E-state index contributed by atoms with van der Waals surface area (Å²) in [5, 5.41) is 3.03. The summed E-state index contributed by atoms with van der Waals surface area (Å²) >= 11 is 0. The Labute approximate surface area is 187 Å². The molecule has 2 heterocycles. The molecule has 2 unspecified atom stereocenters. The third-order valence-electron chi connectivity index (χ3n) is 5.59. The van der Waals surface area contributed by atoms with Crippen molar-refractivity contribution in [2.75, 3.05) is 31.5 Å². The summed E-state index contributed by atoms with van der Waals surface area (Å²) in [5.74, 6) is 1.93. The van der Waals surface area contributed by atoms with Gasteiger partial charge < -0.3 is 29.2 Å². The van der Waals surface area contributed by atoms with Crippen LogP contribution in [-0.2, 0) is 9.59 Å². The van der Waals surface area contributed by atoms with E-state index < -0.39 is 5.92 Å². The first-order chi connectivity index (χ1) is 15.5. The molecule has 2 aliphatic heterocycles. The minimum absolute atomic E-state index is 0.0867. The van der Waals surface area contributed by atoms with Crippen molar-refractivity contribution in [1.82, 2.24) is 5.32 Å². The second-order valence-electron chi connectivity index (χ2n) is 7.75. The van der Waals surface area contributed by atoms with Crippen molar-refractivity contribution in [2.24, 2.45) is 5.92 Å². The maximum absolute atomic E-state index is 12.9. The van der Waals surface area contributed by atoms with Crippen molar-refractivity contribution in [3.63, 3.8) is 0 Å². The molecule has 0 aromatic heterocycles. The number of nitrogens with one attached hydrogen (secondary N) is 1. The Morgan fingerprint density at radius 1 is 1.09 bits per heavy atom. The van der Waals surface area contributed by atoms with E-state index in [-0.39, 0.29) is 31.1 Å². The molecule has 2 aromatic rings. The molecular formula is C24H28N2O6. The number of amides is 2. The van der Waals surface area contributed by atoms with Gasteiger partial charge in [0.05, 0.1) is 25.2 Å². The van der Waals surface area contributed by atoms with Gasteiger partial charge in [-0.3, -0.25) is 9.59 Å². The predicted octanol–water partition coefficient (Wildman–Crippen LogP) is 3.44. The molecule has 0 radical (unpaired) electrons. The Morgan fingerprint density at radius 2 is 1.84 bits per heavy atom. The van der Waals surface area contributed by atoms with Crippen LogP contribution in [0, 0.1) is 5.92 Å². The number of hydrogen-bond acceptors (Lipinski definition) is 6. The summed E-state index contributed by atoms with van der Waals surface area (Å²) in [6, 6.07) is 10.8. The molecule has 0 bridgehead atoms. The molecule has 0 aliphatic carbocycles. The quantitative estimate of drug-likeness (QED) is 0.677. The van der Waals surface area contributed by atoms with Crippen LogP contribution < -0.4 is 29.2 Å². The number of fused-ring (bicyclic) bond motifs is 1. The molecule has 1 saturated heterocycles. The van der Waals surface area contributed by atoms with Crippen molar-refractivity contribution in [3.8, 4) is 23.0 Å². The van der Waals surface area contributed by atoms with E-state index in [2.05, 4.69) is 5.32 Å². The van der Waals surface area contributed by atoms with E-state index in [1.807, 2.05) is 45.0 Å². The summed E-state index contributed by atoms with van der Waals surface area (Å²) in [4.78, 5) is 27.2. The van der Waals surface area contributed by atoms with Gasteiger partial charge in [-0.2, -0.15) is 0 Å². The van der Waals surface area contributed by atoms with Crippen molar-refractivity contribution >= 4 is 17.5 Å². The molecule has 2 atom stereocenters. The van der Waals surface area contributed by atoms with Gasteiger partial charge in [-0.05, 0) is 50.6 Å². The first-order valence-electron chi connectivity index (χ1n) is 10.9. The molecule has 1 fully saturated rings. The third-order valence-corrected chi connectivity index (χ3v) is 5.59. The van der Waals surface area contributed by atoms with Gasteiger partial charge in [-0.15, -0.1) is 0 Å². The summed E-state index contributed by atoms with van der Waals surface area (Å²) < 4.78 is 22.0. The Kier molecular flexibility index (Phi) is 6.39.